The highest BCUT2D eigenvalue weighted by atomic mass is 16.6. The highest BCUT2D eigenvalue weighted by Gasteiger charge is 2.36. The minimum Gasteiger partial charge on any atom is -0.444 e. The van der Waals surface area contributed by atoms with Gasteiger partial charge in [-0.05, 0) is 20.8 Å². The number of amides is 2. The molecule has 1 aliphatic rings. The van der Waals surface area contributed by atoms with Crippen molar-refractivity contribution in [3.8, 4) is 0 Å². The molecule has 0 spiro atoms. The number of nitrogen functional groups attached to an aromatic ring is 1. The first-order chi connectivity index (χ1) is 9.19. The Morgan fingerprint density at radius 3 is 2.45 bits per heavy atom. The van der Waals surface area contributed by atoms with Crippen LogP contribution in [0.2, 0.25) is 0 Å². The van der Waals surface area contributed by atoms with Gasteiger partial charge in [-0.3, -0.25) is 4.79 Å². The summed E-state index contributed by atoms with van der Waals surface area (Å²) in [6.07, 6.45) is 0.975. The third-order valence-corrected chi connectivity index (χ3v) is 2.96. The summed E-state index contributed by atoms with van der Waals surface area (Å²) in [5.74, 6) is -0.386. The van der Waals surface area contributed by atoms with E-state index in [9.17, 15) is 9.59 Å². The fraction of sp³-hybridized carbons (Fsp3) is 0.583. The minimum atomic E-state index is -0.614. The van der Waals surface area contributed by atoms with Gasteiger partial charge in [0.05, 0.1) is 12.2 Å². The fourth-order valence-corrected chi connectivity index (χ4v) is 1.94. The molecule has 0 bridgehead atoms. The molecule has 2 rings (SSSR count). The Balaban J connectivity index is 1.97. The van der Waals surface area contributed by atoms with E-state index in [2.05, 4.69) is 5.10 Å². The third kappa shape index (κ3) is 2.68. The van der Waals surface area contributed by atoms with Crippen LogP contribution in [0.3, 0.4) is 0 Å². The summed E-state index contributed by atoms with van der Waals surface area (Å²) >= 11 is 0. The Morgan fingerprint density at radius 1 is 1.40 bits per heavy atom. The average Bonchev–Trinajstić information content (AvgIpc) is 2.55. The van der Waals surface area contributed by atoms with Crippen molar-refractivity contribution in [2.75, 3.05) is 18.8 Å². The van der Waals surface area contributed by atoms with Gasteiger partial charge in [-0.2, -0.15) is 5.10 Å². The summed E-state index contributed by atoms with van der Waals surface area (Å²) in [7, 11) is 0. The van der Waals surface area contributed by atoms with Gasteiger partial charge < -0.3 is 21.1 Å². The Bertz CT molecular complexity index is 540. The number of primary amides is 1. The topological polar surface area (TPSA) is 116 Å². The first kappa shape index (κ1) is 14.2. The van der Waals surface area contributed by atoms with Gasteiger partial charge in [0, 0.05) is 13.1 Å². The van der Waals surface area contributed by atoms with Crippen molar-refractivity contribution in [2.24, 2.45) is 5.73 Å². The van der Waals surface area contributed by atoms with Gasteiger partial charge in [0.25, 0.3) is 5.91 Å². The number of hydrogen-bond donors (Lipinski definition) is 2. The quantitative estimate of drug-likeness (QED) is 0.811. The van der Waals surface area contributed by atoms with Gasteiger partial charge in [0.1, 0.15) is 17.0 Å². The molecule has 4 N–H and O–H groups in total. The van der Waals surface area contributed by atoms with Crippen molar-refractivity contribution in [3.05, 3.63) is 11.8 Å². The predicted octanol–water partition coefficient (Wildman–Crippen LogP) is 0.356. The number of likely N-dealkylation sites (tertiary alicyclic amines) is 1. The molecule has 0 radical (unpaired) electrons. The molecule has 20 heavy (non-hydrogen) atoms. The lowest BCUT2D eigenvalue weighted by molar-refractivity contribution is -0.000134. The van der Waals surface area contributed by atoms with Gasteiger partial charge in [0.2, 0.25) is 0 Å². The Hall–Kier alpha value is -2.25. The summed E-state index contributed by atoms with van der Waals surface area (Å²) in [6.45, 7) is 6.32. The molecule has 1 saturated heterocycles. The van der Waals surface area contributed by atoms with E-state index in [-0.39, 0.29) is 23.5 Å². The second-order valence-electron chi connectivity index (χ2n) is 5.79. The molecule has 2 amide bonds. The number of carbonyl (C=O) groups is 2. The van der Waals surface area contributed by atoms with E-state index in [4.69, 9.17) is 16.2 Å². The molecule has 1 aromatic rings. The van der Waals surface area contributed by atoms with E-state index in [0.29, 0.717) is 13.1 Å². The Labute approximate surface area is 116 Å². The van der Waals surface area contributed by atoms with Gasteiger partial charge in [-0.1, -0.05) is 0 Å². The summed E-state index contributed by atoms with van der Waals surface area (Å²) in [5, 5.41) is 4.04. The summed E-state index contributed by atoms with van der Waals surface area (Å²) in [4.78, 5) is 24.4. The van der Waals surface area contributed by atoms with Crippen LogP contribution in [0, 0.1) is 0 Å². The molecular formula is C12H19N5O3. The fourth-order valence-electron chi connectivity index (χ4n) is 1.94. The van der Waals surface area contributed by atoms with Crippen LogP contribution in [0.4, 0.5) is 10.6 Å². The zero-order valence-electron chi connectivity index (χ0n) is 11.8. The molecule has 110 valence electrons. The molecular weight excluding hydrogens is 262 g/mol. The van der Waals surface area contributed by atoms with Crippen LogP contribution in [0.5, 0.6) is 0 Å². The maximum absolute atomic E-state index is 11.8. The maximum atomic E-state index is 11.8. The standard InChI is InChI=1S/C12H19N5O3/c1-12(2,3)20-11(19)16-5-7(6-16)17-9(13)8(4-15-17)10(14)18/h4,7H,5-6,13H2,1-3H3,(H2,14,18). The van der Waals surface area contributed by atoms with Gasteiger partial charge in [0.15, 0.2) is 0 Å². The monoisotopic (exact) mass is 281 g/mol. The summed E-state index contributed by atoms with van der Waals surface area (Å²) < 4.78 is 6.77. The van der Waals surface area contributed by atoms with Crippen molar-refractivity contribution in [3.63, 3.8) is 0 Å². The van der Waals surface area contributed by atoms with Crippen molar-refractivity contribution < 1.29 is 14.3 Å². The number of aromatic nitrogens is 2. The van der Waals surface area contributed by atoms with Gasteiger partial charge >= 0.3 is 6.09 Å². The predicted molar refractivity (Wildman–Crippen MR) is 72.0 cm³/mol. The number of ether oxygens (including phenoxy) is 1. The molecule has 0 saturated carbocycles. The number of anilines is 1. The normalized spacial score (nSPS) is 15.8. The molecule has 0 aromatic carbocycles. The lowest BCUT2D eigenvalue weighted by Gasteiger charge is -2.39. The van der Waals surface area contributed by atoms with Gasteiger partial charge in [-0.15, -0.1) is 0 Å². The zero-order valence-corrected chi connectivity index (χ0v) is 11.8. The highest BCUT2D eigenvalue weighted by molar-refractivity contribution is 5.97. The maximum Gasteiger partial charge on any atom is 0.410 e. The van der Waals surface area contributed by atoms with Gasteiger partial charge in [-0.25, -0.2) is 9.48 Å². The van der Waals surface area contributed by atoms with E-state index in [0.717, 1.165) is 0 Å². The molecule has 2 heterocycles. The molecule has 1 fully saturated rings. The Kier molecular flexibility index (Phi) is 3.33. The third-order valence-electron chi connectivity index (χ3n) is 2.96. The van der Waals surface area contributed by atoms with Crippen LogP contribution >= 0.6 is 0 Å². The zero-order chi connectivity index (χ0) is 15.1. The molecule has 0 unspecified atom stereocenters. The lowest BCUT2D eigenvalue weighted by atomic mass is 10.1. The molecule has 0 aliphatic carbocycles. The minimum absolute atomic E-state index is 0.0596. The number of rotatable bonds is 2. The van der Waals surface area contributed by atoms with Crippen molar-refractivity contribution in [2.45, 2.75) is 32.4 Å². The molecule has 1 aliphatic heterocycles. The smallest absolute Gasteiger partial charge is 0.410 e. The number of nitrogens with zero attached hydrogens (tertiary/aromatic N) is 3. The van der Waals surface area contributed by atoms with Crippen molar-refractivity contribution in [1.82, 2.24) is 14.7 Å². The number of nitrogens with two attached hydrogens (primary N) is 2. The molecule has 1 aromatic heterocycles. The van der Waals surface area contributed by atoms with Crippen molar-refractivity contribution in [1.29, 1.82) is 0 Å². The van der Waals surface area contributed by atoms with E-state index < -0.39 is 11.5 Å². The largest absolute Gasteiger partial charge is 0.444 e. The van der Waals surface area contributed by atoms with E-state index in [1.807, 2.05) is 20.8 Å². The van der Waals surface area contributed by atoms with Crippen LogP contribution in [-0.4, -0.2) is 45.4 Å². The Morgan fingerprint density at radius 2 is 2.00 bits per heavy atom. The lowest BCUT2D eigenvalue weighted by Crippen LogP contribution is -2.52. The average molecular weight is 281 g/mol. The second-order valence-corrected chi connectivity index (χ2v) is 5.79. The van der Waals surface area contributed by atoms with Crippen LogP contribution in [-0.2, 0) is 4.74 Å². The highest BCUT2D eigenvalue weighted by Crippen LogP contribution is 2.26. The van der Waals surface area contributed by atoms with E-state index in [1.54, 1.807) is 4.90 Å². The number of carbonyl (C=O) groups excluding carboxylic acids is 2. The molecule has 8 nitrogen and oxygen atoms in total. The first-order valence-corrected chi connectivity index (χ1v) is 6.30. The summed E-state index contributed by atoms with van der Waals surface area (Å²) in [6, 6.07) is -0.0596. The number of hydrogen-bond acceptors (Lipinski definition) is 5. The second kappa shape index (κ2) is 4.69. The van der Waals surface area contributed by atoms with Crippen LogP contribution < -0.4 is 11.5 Å². The summed E-state index contributed by atoms with van der Waals surface area (Å²) in [5.41, 5.74) is 10.7. The molecule has 8 heteroatoms. The van der Waals surface area contributed by atoms with Crippen molar-refractivity contribution >= 4 is 17.8 Å². The first-order valence-electron chi connectivity index (χ1n) is 6.30. The van der Waals surface area contributed by atoms with E-state index >= 15 is 0 Å². The van der Waals surface area contributed by atoms with Crippen LogP contribution in [0.15, 0.2) is 6.20 Å². The SMILES string of the molecule is CC(C)(C)OC(=O)N1CC(n2ncc(C(N)=O)c2N)C1. The van der Waals surface area contributed by atoms with Crippen LogP contribution in [0.1, 0.15) is 37.2 Å². The van der Waals surface area contributed by atoms with Crippen LogP contribution in [0.25, 0.3) is 0 Å². The molecule has 0 atom stereocenters. The van der Waals surface area contributed by atoms with E-state index in [1.165, 1.54) is 10.9 Å².